The first-order chi connectivity index (χ1) is 13.4. The van der Waals surface area contributed by atoms with Crippen LogP contribution >= 0.6 is 23.1 Å². The lowest BCUT2D eigenvalue weighted by molar-refractivity contribution is -0.121. The summed E-state index contributed by atoms with van der Waals surface area (Å²) in [6.45, 7) is 6.11. The van der Waals surface area contributed by atoms with Crippen LogP contribution in [-0.2, 0) is 10.2 Å². The van der Waals surface area contributed by atoms with Crippen molar-refractivity contribution in [2.45, 2.75) is 43.8 Å². The molecule has 8 heteroatoms. The Morgan fingerprint density at radius 3 is 2.57 bits per heavy atom. The predicted octanol–water partition coefficient (Wildman–Crippen LogP) is 3.74. The molecule has 2 heterocycles. The molecule has 0 bridgehead atoms. The molecule has 28 heavy (non-hydrogen) atoms. The van der Waals surface area contributed by atoms with Gasteiger partial charge in [0.05, 0.1) is 6.04 Å². The first-order valence-corrected chi connectivity index (χ1v) is 10.9. The van der Waals surface area contributed by atoms with Gasteiger partial charge in [-0.2, -0.15) is 0 Å². The van der Waals surface area contributed by atoms with Gasteiger partial charge < -0.3 is 11.2 Å². The molecule has 1 atom stereocenters. The lowest BCUT2D eigenvalue weighted by atomic mass is 9.96. The number of nitrogen functional groups attached to an aromatic ring is 1. The average Bonchev–Trinajstić information content (AvgIpc) is 3.30. The second kappa shape index (κ2) is 8.79. The number of rotatable bonds is 7. The van der Waals surface area contributed by atoms with E-state index in [1.165, 1.54) is 16.4 Å². The third-order valence-corrected chi connectivity index (χ3v) is 6.04. The van der Waals surface area contributed by atoms with Crippen molar-refractivity contribution in [1.82, 2.24) is 20.2 Å². The normalized spacial score (nSPS) is 12.7. The van der Waals surface area contributed by atoms with E-state index in [1.807, 2.05) is 68.6 Å². The van der Waals surface area contributed by atoms with Crippen molar-refractivity contribution in [2.24, 2.45) is 0 Å². The van der Waals surface area contributed by atoms with Gasteiger partial charge in [-0.3, -0.25) is 4.79 Å². The maximum Gasteiger partial charge on any atom is 0.221 e. The molecule has 0 aliphatic carbocycles. The quantitative estimate of drug-likeness (QED) is 0.453. The number of aromatic nitrogens is 3. The predicted molar refractivity (Wildman–Crippen MR) is 115 cm³/mol. The van der Waals surface area contributed by atoms with Crippen LogP contribution in [0.15, 0.2) is 53.0 Å². The lowest BCUT2D eigenvalue weighted by Gasteiger charge is -2.18. The number of hydrogen-bond acceptors (Lipinski definition) is 6. The molecular weight excluding hydrogens is 390 g/mol. The van der Waals surface area contributed by atoms with Crippen molar-refractivity contribution in [3.8, 4) is 0 Å². The molecule has 6 nitrogen and oxygen atoms in total. The minimum absolute atomic E-state index is 0.00566. The summed E-state index contributed by atoms with van der Waals surface area (Å²) in [5.74, 6) is 7.40. The van der Waals surface area contributed by atoms with E-state index in [9.17, 15) is 4.79 Å². The molecular formula is C20H25N5OS2. The Labute approximate surface area is 173 Å². The minimum Gasteiger partial charge on any atom is -0.344 e. The van der Waals surface area contributed by atoms with Gasteiger partial charge in [0.1, 0.15) is 0 Å². The fraction of sp³-hybridized carbons (Fsp3) is 0.350. The number of thioether (sulfide) groups is 1. The first-order valence-electron chi connectivity index (χ1n) is 9.07. The zero-order chi connectivity index (χ0) is 20.1. The number of hydrogen-bond donors (Lipinski definition) is 2. The Hall–Kier alpha value is -2.32. The Morgan fingerprint density at radius 2 is 1.96 bits per heavy atom. The van der Waals surface area contributed by atoms with E-state index in [4.69, 9.17) is 5.84 Å². The number of nitrogens with one attached hydrogen (secondary N) is 1. The Bertz CT molecular complexity index is 901. The molecule has 1 aromatic carbocycles. The summed E-state index contributed by atoms with van der Waals surface area (Å²) in [7, 11) is 0. The van der Waals surface area contributed by atoms with Gasteiger partial charge in [-0.25, -0.2) is 4.68 Å². The number of amides is 1. The van der Waals surface area contributed by atoms with Gasteiger partial charge in [-0.15, -0.1) is 21.5 Å². The summed E-state index contributed by atoms with van der Waals surface area (Å²) in [5.41, 5.74) is 0.893. The van der Waals surface area contributed by atoms with E-state index >= 15 is 0 Å². The Balaban J connectivity index is 1.60. The van der Waals surface area contributed by atoms with Crippen molar-refractivity contribution in [2.75, 3.05) is 11.6 Å². The van der Waals surface area contributed by atoms with Crippen LogP contribution in [0.1, 0.15) is 49.5 Å². The van der Waals surface area contributed by atoms with Gasteiger partial charge in [-0.1, -0.05) is 68.9 Å². The van der Waals surface area contributed by atoms with Crippen LogP contribution in [0.2, 0.25) is 0 Å². The Kier molecular flexibility index (Phi) is 6.41. The molecule has 0 fully saturated rings. The summed E-state index contributed by atoms with van der Waals surface area (Å²) in [5, 5.41) is 14.1. The van der Waals surface area contributed by atoms with E-state index in [2.05, 4.69) is 15.5 Å². The molecule has 2 aromatic heterocycles. The molecule has 1 amide bonds. The van der Waals surface area contributed by atoms with Crippen LogP contribution in [-0.4, -0.2) is 26.5 Å². The molecule has 3 N–H and O–H groups in total. The standard InChI is InChI=1S/C20H25N5OS2/c1-20(2,3)18-23-24-19(25(18)21)28-13-11-16(26)22-17(15-10-7-12-27-15)14-8-5-4-6-9-14/h4-10,12,17H,11,13,21H2,1-3H3,(H,22,26). The Morgan fingerprint density at radius 1 is 1.21 bits per heavy atom. The first kappa shape index (κ1) is 20.4. The molecule has 0 aliphatic rings. The molecule has 0 aliphatic heterocycles. The van der Waals surface area contributed by atoms with Gasteiger partial charge in [0.2, 0.25) is 11.1 Å². The third kappa shape index (κ3) is 4.94. The molecule has 148 valence electrons. The summed E-state index contributed by atoms with van der Waals surface area (Å²) < 4.78 is 1.51. The number of benzene rings is 1. The summed E-state index contributed by atoms with van der Waals surface area (Å²) in [6.07, 6.45) is 0.372. The topological polar surface area (TPSA) is 85.8 Å². The van der Waals surface area contributed by atoms with Crippen LogP contribution < -0.4 is 11.2 Å². The fourth-order valence-corrected chi connectivity index (χ4v) is 4.37. The summed E-state index contributed by atoms with van der Waals surface area (Å²) in [4.78, 5) is 13.7. The lowest BCUT2D eigenvalue weighted by Crippen LogP contribution is -2.29. The van der Waals surface area contributed by atoms with Crippen LogP contribution in [0.3, 0.4) is 0 Å². The van der Waals surface area contributed by atoms with Gasteiger partial charge in [0, 0.05) is 22.5 Å². The van der Waals surface area contributed by atoms with Crippen molar-refractivity contribution in [3.05, 3.63) is 64.1 Å². The number of carbonyl (C=O) groups is 1. The smallest absolute Gasteiger partial charge is 0.221 e. The SMILES string of the molecule is CC(C)(C)c1nnc(SCCC(=O)NC(c2ccccc2)c2cccs2)n1N. The zero-order valence-electron chi connectivity index (χ0n) is 16.3. The fourth-order valence-electron chi connectivity index (χ4n) is 2.77. The van der Waals surface area contributed by atoms with Crippen LogP contribution in [0.25, 0.3) is 0 Å². The van der Waals surface area contributed by atoms with Crippen LogP contribution in [0, 0.1) is 0 Å². The van der Waals surface area contributed by atoms with Crippen LogP contribution in [0.4, 0.5) is 0 Å². The summed E-state index contributed by atoms with van der Waals surface area (Å²) in [6, 6.07) is 13.9. The maximum atomic E-state index is 12.6. The van der Waals surface area contributed by atoms with Crippen molar-refractivity contribution in [1.29, 1.82) is 0 Å². The number of nitrogens with zero attached hydrogens (tertiary/aromatic N) is 3. The van der Waals surface area contributed by atoms with Gasteiger partial charge in [-0.05, 0) is 17.0 Å². The molecule has 3 rings (SSSR count). The highest BCUT2D eigenvalue weighted by atomic mass is 32.2. The summed E-state index contributed by atoms with van der Waals surface area (Å²) >= 11 is 3.08. The monoisotopic (exact) mass is 415 g/mol. The van der Waals surface area contributed by atoms with E-state index in [-0.39, 0.29) is 17.4 Å². The maximum absolute atomic E-state index is 12.6. The molecule has 0 radical (unpaired) electrons. The van der Waals surface area contributed by atoms with E-state index < -0.39 is 0 Å². The molecule has 0 saturated heterocycles. The van der Waals surface area contributed by atoms with Gasteiger partial charge in [0.25, 0.3) is 0 Å². The zero-order valence-corrected chi connectivity index (χ0v) is 17.9. The van der Waals surface area contributed by atoms with Gasteiger partial charge >= 0.3 is 0 Å². The highest BCUT2D eigenvalue weighted by Crippen LogP contribution is 2.27. The number of carbonyl (C=O) groups excluding carboxylic acids is 1. The number of thiophene rings is 1. The van der Waals surface area contributed by atoms with Crippen LogP contribution in [0.5, 0.6) is 0 Å². The van der Waals surface area contributed by atoms with Gasteiger partial charge in [0.15, 0.2) is 5.82 Å². The largest absolute Gasteiger partial charge is 0.344 e. The second-order valence-corrected chi connectivity index (χ2v) is 9.49. The molecule has 1 unspecified atom stereocenters. The minimum atomic E-state index is -0.179. The van der Waals surface area contributed by atoms with E-state index in [1.54, 1.807) is 11.3 Å². The van der Waals surface area contributed by atoms with E-state index in [0.29, 0.717) is 17.3 Å². The molecule has 3 aromatic rings. The molecule has 0 spiro atoms. The third-order valence-electron chi connectivity index (χ3n) is 4.16. The van der Waals surface area contributed by atoms with E-state index in [0.717, 1.165) is 16.3 Å². The van der Waals surface area contributed by atoms with Crippen molar-refractivity contribution >= 4 is 29.0 Å². The highest BCUT2D eigenvalue weighted by Gasteiger charge is 2.23. The average molecular weight is 416 g/mol. The van der Waals surface area contributed by atoms with Crippen molar-refractivity contribution < 1.29 is 4.79 Å². The number of nitrogens with two attached hydrogens (primary N) is 1. The second-order valence-electron chi connectivity index (χ2n) is 7.45. The highest BCUT2D eigenvalue weighted by molar-refractivity contribution is 7.99. The van der Waals surface area contributed by atoms with Crippen molar-refractivity contribution in [3.63, 3.8) is 0 Å². The molecule has 0 saturated carbocycles.